The number of carboxylic acids is 1. The van der Waals surface area contributed by atoms with E-state index in [1.54, 1.807) is 4.90 Å². The topological polar surface area (TPSA) is 69.6 Å². The molecule has 0 aromatic heterocycles. The molecule has 1 rings (SSSR count). The highest BCUT2D eigenvalue weighted by atomic mass is 19.1. The quantitative estimate of drug-likeness (QED) is 0.842. The molecular formula is C14H19FN2O3. The second-order valence-corrected chi connectivity index (χ2v) is 4.72. The number of nitrogens with zero attached hydrogens (tertiary/aromatic N) is 1. The summed E-state index contributed by atoms with van der Waals surface area (Å²) in [4.78, 5) is 24.1. The van der Waals surface area contributed by atoms with Gasteiger partial charge in [0.25, 0.3) is 0 Å². The standard InChI is InChI=1S/C14H19FN2O3/c1-10(2)17(9-3-4-13(18)19)14(20)16-12-7-5-11(15)6-8-12/h5-8,10H,3-4,9H2,1-2H3,(H,16,20)(H,18,19). The number of aliphatic carboxylic acids is 1. The van der Waals surface area contributed by atoms with Gasteiger partial charge in [0.15, 0.2) is 0 Å². The summed E-state index contributed by atoms with van der Waals surface area (Å²) in [6.07, 6.45) is 0.414. The molecule has 2 N–H and O–H groups in total. The number of carbonyl (C=O) groups excluding carboxylic acids is 1. The number of rotatable bonds is 6. The molecule has 0 spiro atoms. The van der Waals surface area contributed by atoms with Crippen molar-refractivity contribution < 1.29 is 19.1 Å². The minimum Gasteiger partial charge on any atom is -0.481 e. The van der Waals surface area contributed by atoms with Crippen molar-refractivity contribution in [2.24, 2.45) is 0 Å². The SMILES string of the molecule is CC(C)N(CCCC(=O)O)C(=O)Nc1ccc(F)cc1. The normalized spacial score (nSPS) is 10.4. The van der Waals surface area contributed by atoms with Crippen LogP contribution in [0.1, 0.15) is 26.7 Å². The molecule has 6 heteroatoms. The summed E-state index contributed by atoms with van der Waals surface area (Å²) in [6, 6.07) is 5.10. The average Bonchev–Trinajstić information content (AvgIpc) is 2.36. The number of carbonyl (C=O) groups is 2. The van der Waals surface area contributed by atoms with Gasteiger partial charge in [0.2, 0.25) is 0 Å². The summed E-state index contributed by atoms with van der Waals surface area (Å²) in [5.74, 6) is -1.25. The summed E-state index contributed by atoms with van der Waals surface area (Å²) in [6.45, 7) is 4.06. The third-order valence-corrected chi connectivity index (χ3v) is 2.77. The fraction of sp³-hybridized carbons (Fsp3) is 0.429. The molecule has 5 nitrogen and oxygen atoms in total. The predicted molar refractivity (Wildman–Crippen MR) is 74.1 cm³/mol. The van der Waals surface area contributed by atoms with E-state index in [0.29, 0.717) is 18.7 Å². The van der Waals surface area contributed by atoms with Crippen LogP contribution in [-0.2, 0) is 4.79 Å². The van der Waals surface area contributed by atoms with Gasteiger partial charge in [-0.3, -0.25) is 4.79 Å². The van der Waals surface area contributed by atoms with Gasteiger partial charge in [-0.1, -0.05) is 0 Å². The van der Waals surface area contributed by atoms with Crippen LogP contribution in [0.3, 0.4) is 0 Å². The minimum atomic E-state index is -0.882. The van der Waals surface area contributed by atoms with Crippen molar-refractivity contribution >= 4 is 17.7 Å². The number of benzene rings is 1. The highest BCUT2D eigenvalue weighted by molar-refractivity contribution is 5.89. The largest absolute Gasteiger partial charge is 0.481 e. The lowest BCUT2D eigenvalue weighted by Gasteiger charge is -2.26. The van der Waals surface area contributed by atoms with Gasteiger partial charge in [-0.15, -0.1) is 0 Å². The molecule has 1 aromatic rings. The third-order valence-electron chi connectivity index (χ3n) is 2.77. The van der Waals surface area contributed by atoms with E-state index in [1.165, 1.54) is 24.3 Å². The van der Waals surface area contributed by atoms with Crippen LogP contribution in [0.15, 0.2) is 24.3 Å². The fourth-order valence-electron chi connectivity index (χ4n) is 1.72. The molecule has 0 aliphatic carbocycles. The summed E-state index contributed by atoms with van der Waals surface area (Å²) in [5, 5.41) is 11.3. The van der Waals surface area contributed by atoms with Gasteiger partial charge in [0.1, 0.15) is 5.82 Å². The fourth-order valence-corrected chi connectivity index (χ4v) is 1.72. The van der Waals surface area contributed by atoms with Crippen molar-refractivity contribution in [3.8, 4) is 0 Å². The number of carboxylic acid groups (broad SMARTS) is 1. The summed E-state index contributed by atoms with van der Waals surface area (Å²) < 4.78 is 12.8. The first-order valence-electron chi connectivity index (χ1n) is 6.45. The first-order chi connectivity index (χ1) is 9.40. The number of halogens is 1. The predicted octanol–water partition coefficient (Wildman–Crippen LogP) is 2.93. The summed E-state index contributed by atoms with van der Waals surface area (Å²) in [5.41, 5.74) is 0.500. The molecule has 0 aliphatic heterocycles. The Morgan fingerprint density at radius 2 is 1.90 bits per heavy atom. The Bertz CT molecular complexity index is 460. The second-order valence-electron chi connectivity index (χ2n) is 4.72. The molecule has 0 saturated carbocycles. The molecule has 0 aliphatic rings. The van der Waals surface area contributed by atoms with Crippen molar-refractivity contribution in [3.63, 3.8) is 0 Å². The van der Waals surface area contributed by atoms with Gasteiger partial charge < -0.3 is 15.3 Å². The molecule has 0 fully saturated rings. The molecule has 0 saturated heterocycles. The smallest absolute Gasteiger partial charge is 0.322 e. The Balaban J connectivity index is 2.59. The molecule has 110 valence electrons. The van der Waals surface area contributed by atoms with Crippen molar-refractivity contribution in [2.45, 2.75) is 32.7 Å². The molecule has 0 unspecified atom stereocenters. The number of anilines is 1. The summed E-state index contributed by atoms with van der Waals surface area (Å²) in [7, 11) is 0. The Hall–Kier alpha value is -2.11. The van der Waals surface area contributed by atoms with Gasteiger partial charge >= 0.3 is 12.0 Å². The van der Waals surface area contributed by atoms with Gasteiger partial charge in [0, 0.05) is 24.7 Å². The molecule has 20 heavy (non-hydrogen) atoms. The maximum absolute atomic E-state index is 12.8. The second kappa shape index (κ2) is 7.47. The monoisotopic (exact) mass is 282 g/mol. The van der Waals surface area contributed by atoms with E-state index in [-0.39, 0.29) is 24.3 Å². The number of hydrogen-bond donors (Lipinski definition) is 2. The highest BCUT2D eigenvalue weighted by Gasteiger charge is 2.17. The van der Waals surface area contributed by atoms with E-state index in [2.05, 4.69) is 5.32 Å². The van der Waals surface area contributed by atoms with Crippen molar-refractivity contribution in [1.82, 2.24) is 4.90 Å². The lowest BCUT2D eigenvalue weighted by atomic mass is 10.2. The molecule has 0 heterocycles. The zero-order valence-corrected chi connectivity index (χ0v) is 11.6. The zero-order chi connectivity index (χ0) is 15.1. The minimum absolute atomic E-state index is 0.0209. The molecule has 1 aromatic carbocycles. The van der Waals surface area contributed by atoms with Crippen molar-refractivity contribution in [3.05, 3.63) is 30.1 Å². The van der Waals surface area contributed by atoms with Crippen LogP contribution in [0.4, 0.5) is 14.9 Å². The lowest BCUT2D eigenvalue weighted by molar-refractivity contribution is -0.137. The van der Waals surface area contributed by atoms with Crippen LogP contribution >= 0.6 is 0 Å². The van der Waals surface area contributed by atoms with E-state index < -0.39 is 5.97 Å². The van der Waals surface area contributed by atoms with E-state index in [0.717, 1.165) is 0 Å². The number of nitrogens with one attached hydrogen (secondary N) is 1. The van der Waals surface area contributed by atoms with Crippen molar-refractivity contribution in [2.75, 3.05) is 11.9 Å². The molecule has 2 amide bonds. The third kappa shape index (κ3) is 5.26. The van der Waals surface area contributed by atoms with Crippen LogP contribution in [0.5, 0.6) is 0 Å². The average molecular weight is 282 g/mol. The van der Waals surface area contributed by atoms with E-state index in [9.17, 15) is 14.0 Å². The maximum Gasteiger partial charge on any atom is 0.322 e. The Morgan fingerprint density at radius 3 is 2.40 bits per heavy atom. The van der Waals surface area contributed by atoms with Crippen molar-refractivity contribution in [1.29, 1.82) is 0 Å². The Kier molecular flexibility index (Phi) is 5.96. The van der Waals surface area contributed by atoms with E-state index in [4.69, 9.17) is 5.11 Å². The Morgan fingerprint density at radius 1 is 1.30 bits per heavy atom. The van der Waals surface area contributed by atoms with Gasteiger partial charge in [0.05, 0.1) is 0 Å². The lowest BCUT2D eigenvalue weighted by Crippen LogP contribution is -2.40. The first-order valence-corrected chi connectivity index (χ1v) is 6.45. The first kappa shape index (κ1) is 15.9. The maximum atomic E-state index is 12.8. The Labute approximate surface area is 117 Å². The molecule has 0 bridgehead atoms. The van der Waals surface area contributed by atoms with Gasteiger partial charge in [-0.05, 0) is 44.5 Å². The summed E-state index contributed by atoms with van der Waals surface area (Å²) >= 11 is 0. The van der Waals surface area contributed by atoms with E-state index >= 15 is 0 Å². The zero-order valence-electron chi connectivity index (χ0n) is 11.6. The molecule has 0 atom stereocenters. The van der Waals surface area contributed by atoms with Crippen LogP contribution in [0.25, 0.3) is 0 Å². The van der Waals surface area contributed by atoms with Crippen LogP contribution < -0.4 is 5.32 Å². The number of amides is 2. The van der Waals surface area contributed by atoms with Gasteiger partial charge in [-0.2, -0.15) is 0 Å². The number of hydrogen-bond acceptors (Lipinski definition) is 2. The molecular weight excluding hydrogens is 263 g/mol. The highest BCUT2D eigenvalue weighted by Crippen LogP contribution is 2.11. The van der Waals surface area contributed by atoms with Gasteiger partial charge in [-0.25, -0.2) is 9.18 Å². The van der Waals surface area contributed by atoms with Crippen LogP contribution in [0.2, 0.25) is 0 Å². The molecule has 0 radical (unpaired) electrons. The van der Waals surface area contributed by atoms with Crippen LogP contribution in [-0.4, -0.2) is 34.6 Å². The van der Waals surface area contributed by atoms with Crippen LogP contribution in [0, 0.1) is 5.82 Å². The number of urea groups is 1. The van der Waals surface area contributed by atoms with E-state index in [1.807, 2.05) is 13.8 Å².